The lowest BCUT2D eigenvalue weighted by atomic mass is 9.68. The third-order valence-electron chi connectivity index (χ3n) is 12.8. The normalized spacial score (nSPS) is 15.7. The van der Waals surface area contributed by atoms with Gasteiger partial charge in [0.15, 0.2) is 0 Å². The maximum atomic E-state index is 13.1. The van der Waals surface area contributed by atoms with Crippen LogP contribution in [-0.4, -0.2) is 88.3 Å². The predicted molar refractivity (Wildman–Crippen MR) is 234 cm³/mol. The minimum absolute atomic E-state index is 0.0102. The number of anilines is 2. The zero-order valence-corrected chi connectivity index (χ0v) is 38.4. The number of ether oxygens (including phenoxy) is 3. The Bertz CT molecular complexity index is 1540. The van der Waals surface area contributed by atoms with Crippen LogP contribution in [0.15, 0.2) is 48.5 Å². The van der Waals surface area contributed by atoms with E-state index in [1.165, 1.54) is 0 Å². The summed E-state index contributed by atoms with van der Waals surface area (Å²) in [6, 6.07) is 15.1. The summed E-state index contributed by atoms with van der Waals surface area (Å²) in [7, 11) is 7.91. The third kappa shape index (κ3) is 13.5. The fourth-order valence-electron chi connectivity index (χ4n) is 6.31. The summed E-state index contributed by atoms with van der Waals surface area (Å²) >= 11 is 0. The summed E-state index contributed by atoms with van der Waals surface area (Å²) in [4.78, 5) is 30.0. The van der Waals surface area contributed by atoms with Gasteiger partial charge in [0.2, 0.25) is 0 Å². The van der Waals surface area contributed by atoms with Crippen molar-refractivity contribution in [3.05, 3.63) is 59.7 Å². The Morgan fingerprint density at radius 2 is 1.11 bits per heavy atom. The van der Waals surface area contributed by atoms with Crippen LogP contribution in [0.3, 0.4) is 0 Å². The molecule has 318 valence electrons. The van der Waals surface area contributed by atoms with E-state index in [-0.39, 0.29) is 35.1 Å². The lowest BCUT2D eigenvalue weighted by Crippen LogP contribution is -2.56. The predicted octanol–water partition coefficient (Wildman–Crippen LogP) is 8.53. The highest BCUT2D eigenvalue weighted by atomic mass is 16.5. The first-order valence-electron chi connectivity index (χ1n) is 20.3. The van der Waals surface area contributed by atoms with E-state index < -0.39 is 27.9 Å². The van der Waals surface area contributed by atoms with E-state index >= 15 is 0 Å². The standard InChI is InChI=1S/C46H79N5O5/c1-32(30-55-42(6,7)29-34(3)48-39(52)35-19-23-37(24-20-35)50(15)16)43(8,9)45(12,13)54-28-27-41(4,5)46(14,47)56-31-33(2)44(10,11)49-40(53)36-21-25-38(26-22-36)51(17)18/h19-26,32-34H,27-31,47H2,1-18H3,(H,48,52)(H,49,53). The van der Waals surface area contributed by atoms with Crippen molar-refractivity contribution in [3.63, 3.8) is 0 Å². The zero-order chi connectivity index (χ0) is 43.1. The van der Waals surface area contributed by atoms with Gasteiger partial charge in [0, 0.05) is 80.2 Å². The van der Waals surface area contributed by atoms with Gasteiger partial charge in [-0.05, 0) is 128 Å². The number of hydrogen-bond acceptors (Lipinski definition) is 8. The van der Waals surface area contributed by atoms with Gasteiger partial charge < -0.3 is 40.4 Å². The molecule has 0 aromatic heterocycles. The highest BCUT2D eigenvalue weighted by Crippen LogP contribution is 2.42. The van der Waals surface area contributed by atoms with Crippen molar-refractivity contribution >= 4 is 23.2 Å². The molecule has 0 fully saturated rings. The second kappa shape index (κ2) is 19.0. The van der Waals surface area contributed by atoms with E-state index in [0.717, 1.165) is 11.4 Å². The largest absolute Gasteiger partial charge is 0.378 e. The van der Waals surface area contributed by atoms with Crippen LogP contribution in [0.4, 0.5) is 11.4 Å². The summed E-state index contributed by atoms with van der Waals surface area (Å²) in [5, 5.41) is 6.33. The number of rotatable bonds is 22. The minimum atomic E-state index is -0.938. The van der Waals surface area contributed by atoms with Crippen LogP contribution in [0.5, 0.6) is 0 Å². The summed E-state index contributed by atoms with van der Waals surface area (Å²) in [6.45, 7) is 30.9. The molecule has 0 saturated carbocycles. The van der Waals surface area contributed by atoms with Gasteiger partial charge in [-0.25, -0.2) is 0 Å². The molecule has 56 heavy (non-hydrogen) atoms. The Labute approximate surface area is 341 Å². The molecule has 0 radical (unpaired) electrons. The monoisotopic (exact) mass is 782 g/mol. The molecule has 0 aliphatic heterocycles. The van der Waals surface area contributed by atoms with Crippen LogP contribution in [0.2, 0.25) is 0 Å². The molecule has 0 spiro atoms. The Morgan fingerprint density at radius 3 is 1.57 bits per heavy atom. The fourth-order valence-corrected chi connectivity index (χ4v) is 6.31. The Balaban J connectivity index is 1.90. The summed E-state index contributed by atoms with van der Waals surface area (Å²) in [5.74, 6) is -0.0352. The van der Waals surface area contributed by atoms with E-state index in [4.69, 9.17) is 19.9 Å². The molecule has 10 nitrogen and oxygen atoms in total. The smallest absolute Gasteiger partial charge is 0.251 e. The maximum absolute atomic E-state index is 13.1. The van der Waals surface area contributed by atoms with Crippen LogP contribution in [-0.2, 0) is 14.2 Å². The molecule has 2 amide bonds. The minimum Gasteiger partial charge on any atom is -0.378 e. The van der Waals surface area contributed by atoms with Gasteiger partial charge in [-0.2, -0.15) is 0 Å². The molecule has 0 aliphatic carbocycles. The number of hydrogen-bond donors (Lipinski definition) is 3. The van der Waals surface area contributed by atoms with Crippen LogP contribution in [0.25, 0.3) is 0 Å². The first-order chi connectivity index (χ1) is 25.4. The lowest BCUT2D eigenvalue weighted by molar-refractivity contribution is -0.161. The van der Waals surface area contributed by atoms with Gasteiger partial charge in [0.1, 0.15) is 5.72 Å². The highest BCUT2D eigenvalue weighted by molar-refractivity contribution is 5.95. The molecule has 0 heterocycles. The molecule has 4 unspecified atom stereocenters. The van der Waals surface area contributed by atoms with Gasteiger partial charge >= 0.3 is 0 Å². The topological polar surface area (TPSA) is 118 Å². The van der Waals surface area contributed by atoms with E-state index in [1.54, 1.807) is 0 Å². The number of carbonyl (C=O) groups is 2. The molecule has 10 heteroatoms. The summed E-state index contributed by atoms with van der Waals surface area (Å²) in [6.07, 6.45) is 1.37. The van der Waals surface area contributed by atoms with E-state index in [1.807, 2.05) is 114 Å². The molecule has 0 aliphatic rings. The number of amides is 2. The lowest BCUT2D eigenvalue weighted by Gasteiger charge is -2.47. The number of nitrogens with two attached hydrogens (primary N) is 1. The first-order valence-corrected chi connectivity index (χ1v) is 20.3. The second-order valence-electron chi connectivity index (χ2n) is 19.6. The molecule has 4 N–H and O–H groups in total. The van der Waals surface area contributed by atoms with Crippen molar-refractivity contribution < 1.29 is 23.8 Å². The van der Waals surface area contributed by atoms with Crippen molar-refractivity contribution in [1.82, 2.24) is 10.6 Å². The molecule has 2 aromatic rings. The molecule has 2 aromatic carbocycles. The fraction of sp³-hybridized carbons (Fsp3) is 0.696. The number of carbonyl (C=O) groups excluding carboxylic acids is 2. The van der Waals surface area contributed by atoms with Gasteiger partial charge in [0.05, 0.1) is 24.4 Å². The quantitative estimate of drug-likeness (QED) is 0.102. The number of benzene rings is 2. The van der Waals surface area contributed by atoms with Gasteiger partial charge in [-0.15, -0.1) is 0 Å². The van der Waals surface area contributed by atoms with E-state index in [9.17, 15) is 9.59 Å². The maximum Gasteiger partial charge on any atom is 0.251 e. The van der Waals surface area contributed by atoms with Crippen LogP contribution in [0, 0.1) is 22.7 Å². The van der Waals surface area contributed by atoms with Crippen molar-refractivity contribution in [3.8, 4) is 0 Å². The Hall–Kier alpha value is -3.18. The zero-order valence-electron chi connectivity index (χ0n) is 38.4. The molecule has 0 bridgehead atoms. The first kappa shape index (κ1) is 49.0. The number of nitrogens with one attached hydrogen (secondary N) is 2. The van der Waals surface area contributed by atoms with Crippen molar-refractivity contribution in [2.75, 3.05) is 57.8 Å². The van der Waals surface area contributed by atoms with Crippen molar-refractivity contribution in [1.29, 1.82) is 0 Å². The molecule has 2 rings (SSSR count). The number of nitrogens with zero attached hydrogens (tertiary/aromatic N) is 2. The average molecular weight is 782 g/mol. The average Bonchev–Trinajstić information content (AvgIpc) is 3.08. The Morgan fingerprint density at radius 1 is 0.661 bits per heavy atom. The van der Waals surface area contributed by atoms with Crippen LogP contribution < -0.4 is 26.2 Å². The van der Waals surface area contributed by atoms with E-state index in [2.05, 4.69) is 79.9 Å². The second-order valence-corrected chi connectivity index (χ2v) is 19.6. The van der Waals surface area contributed by atoms with Gasteiger partial charge in [0.25, 0.3) is 11.8 Å². The molecular weight excluding hydrogens is 703 g/mol. The van der Waals surface area contributed by atoms with Gasteiger partial charge in [-0.1, -0.05) is 41.5 Å². The highest BCUT2D eigenvalue weighted by Gasteiger charge is 2.45. The third-order valence-corrected chi connectivity index (χ3v) is 12.8. The van der Waals surface area contributed by atoms with Crippen LogP contribution in [0.1, 0.15) is 130 Å². The summed E-state index contributed by atoms with van der Waals surface area (Å²) < 4.78 is 19.6. The molecule has 4 atom stereocenters. The summed E-state index contributed by atoms with van der Waals surface area (Å²) in [5.41, 5.74) is 7.22. The van der Waals surface area contributed by atoms with Crippen molar-refractivity contribution in [2.45, 2.75) is 138 Å². The SMILES string of the molecule is CC(CC(C)(C)OCC(C)C(C)(C)C(C)(C)OCCC(C)(C)C(C)(N)OCC(C)C(C)(C)NC(=O)c1ccc(N(C)C)cc1)NC(=O)c1ccc(N(C)C)cc1. The molecule has 0 saturated heterocycles. The molecular formula is C46H79N5O5. The van der Waals surface area contributed by atoms with E-state index in [0.29, 0.717) is 43.8 Å². The van der Waals surface area contributed by atoms with Gasteiger partial charge in [-0.3, -0.25) is 9.59 Å². The van der Waals surface area contributed by atoms with Crippen molar-refractivity contribution in [2.24, 2.45) is 28.4 Å². The van der Waals surface area contributed by atoms with Crippen LogP contribution >= 0.6 is 0 Å². The Kier molecular flexibility index (Phi) is 16.7.